The molecular weight excluding hydrogens is 462 g/mol. The minimum absolute atomic E-state index is 0. The average Bonchev–Trinajstić information content (AvgIpc) is 2.66. The molecule has 1 aliphatic rings. The monoisotopic (exact) mass is 494 g/mol. The van der Waals surface area contributed by atoms with Crippen LogP contribution in [0.15, 0.2) is 29.3 Å². The van der Waals surface area contributed by atoms with Gasteiger partial charge in [-0.3, -0.25) is 4.99 Å². The van der Waals surface area contributed by atoms with Gasteiger partial charge in [0.05, 0.1) is 13.2 Å². The molecule has 1 heterocycles. The Morgan fingerprint density at radius 2 is 2.07 bits per heavy atom. The third-order valence-electron chi connectivity index (χ3n) is 4.57. The molecule has 8 heteroatoms. The highest BCUT2D eigenvalue weighted by molar-refractivity contribution is 14.0. The van der Waals surface area contributed by atoms with Crippen LogP contribution in [0.2, 0.25) is 0 Å². The van der Waals surface area contributed by atoms with E-state index in [1.165, 1.54) is 6.07 Å². The van der Waals surface area contributed by atoms with Crippen LogP contribution in [0.3, 0.4) is 0 Å². The van der Waals surface area contributed by atoms with Gasteiger partial charge < -0.3 is 25.4 Å². The van der Waals surface area contributed by atoms with Crippen molar-refractivity contribution >= 4 is 29.9 Å². The second-order valence-corrected chi connectivity index (χ2v) is 6.51. The van der Waals surface area contributed by atoms with Crippen molar-refractivity contribution in [1.29, 1.82) is 0 Å². The van der Waals surface area contributed by atoms with Crippen LogP contribution in [0.4, 0.5) is 4.39 Å². The number of aliphatic hydroxyl groups is 1. The highest BCUT2D eigenvalue weighted by Gasteiger charge is 2.20. The molecule has 0 saturated carbocycles. The predicted octanol–water partition coefficient (Wildman–Crippen LogP) is 2.14. The molecule has 2 rings (SSSR count). The molecule has 0 aromatic heterocycles. The molecule has 1 unspecified atom stereocenters. The van der Waals surface area contributed by atoms with Crippen molar-refractivity contribution in [1.82, 2.24) is 15.5 Å². The lowest BCUT2D eigenvalue weighted by Crippen LogP contribution is -2.49. The summed E-state index contributed by atoms with van der Waals surface area (Å²) in [6.45, 7) is 6.62. The van der Waals surface area contributed by atoms with E-state index < -0.39 is 11.9 Å². The number of piperidine rings is 1. The number of aliphatic hydroxyl groups excluding tert-OH is 1. The maximum Gasteiger partial charge on any atom is 0.191 e. The Morgan fingerprint density at radius 1 is 1.37 bits per heavy atom. The number of rotatable bonds is 8. The molecule has 1 aromatic carbocycles. The number of ether oxygens (including phenoxy) is 1. The number of nitrogens with one attached hydrogen (secondary N) is 2. The lowest BCUT2D eigenvalue weighted by Gasteiger charge is -2.32. The zero-order valence-corrected chi connectivity index (χ0v) is 18.5. The second kappa shape index (κ2) is 13.2. The van der Waals surface area contributed by atoms with Crippen molar-refractivity contribution in [2.45, 2.75) is 31.9 Å². The average molecular weight is 494 g/mol. The molecule has 1 fully saturated rings. The number of halogens is 2. The number of guanidine groups is 1. The number of hydrogen-bond acceptors (Lipinski definition) is 4. The van der Waals surface area contributed by atoms with Crippen molar-refractivity contribution in [3.05, 3.63) is 35.6 Å². The van der Waals surface area contributed by atoms with Crippen molar-refractivity contribution in [2.24, 2.45) is 4.99 Å². The molecule has 3 N–H and O–H groups in total. The topological polar surface area (TPSA) is 69.1 Å². The number of hydrogen-bond donors (Lipinski definition) is 3. The maximum absolute atomic E-state index is 13.8. The SMILES string of the molecule is CCNC(=NCC(O)c1ccccc1F)NC1CCN(CCOC)CC1.I. The van der Waals surface area contributed by atoms with E-state index in [1.54, 1.807) is 25.3 Å². The van der Waals surface area contributed by atoms with Crippen molar-refractivity contribution in [3.8, 4) is 0 Å². The number of likely N-dealkylation sites (tertiary alicyclic amines) is 1. The normalized spacial score (nSPS) is 17.3. The van der Waals surface area contributed by atoms with Crippen molar-refractivity contribution in [3.63, 3.8) is 0 Å². The Morgan fingerprint density at radius 3 is 2.70 bits per heavy atom. The highest BCUT2D eigenvalue weighted by Crippen LogP contribution is 2.16. The Hall–Kier alpha value is -0.970. The van der Waals surface area contributed by atoms with Gasteiger partial charge in [-0.25, -0.2) is 4.39 Å². The standard InChI is InChI=1S/C19H31FN4O2.HI/c1-3-21-19(22-14-18(25)16-6-4-5-7-17(16)20)23-15-8-10-24(11-9-15)12-13-26-2;/h4-7,15,18,25H,3,8-14H2,1-2H3,(H2,21,22,23);1H. The Kier molecular flexibility index (Phi) is 11.8. The Labute approximate surface area is 178 Å². The van der Waals surface area contributed by atoms with Crippen LogP contribution in [0.25, 0.3) is 0 Å². The molecule has 0 amide bonds. The predicted molar refractivity (Wildman–Crippen MR) is 117 cm³/mol. The minimum Gasteiger partial charge on any atom is -0.386 e. The van der Waals surface area contributed by atoms with E-state index in [0.717, 1.165) is 45.6 Å². The summed E-state index contributed by atoms with van der Waals surface area (Å²) in [4.78, 5) is 6.83. The number of nitrogens with zero attached hydrogens (tertiary/aromatic N) is 2. The zero-order chi connectivity index (χ0) is 18.8. The van der Waals surface area contributed by atoms with E-state index in [4.69, 9.17) is 4.74 Å². The molecule has 0 spiro atoms. The maximum atomic E-state index is 13.8. The van der Waals surface area contributed by atoms with Gasteiger partial charge in [0.1, 0.15) is 11.9 Å². The first-order valence-corrected chi connectivity index (χ1v) is 9.32. The minimum atomic E-state index is -0.956. The van der Waals surface area contributed by atoms with Crippen molar-refractivity contribution in [2.75, 3.05) is 46.4 Å². The number of methoxy groups -OCH3 is 1. The Bertz CT molecular complexity index is 568. The van der Waals surface area contributed by atoms with Gasteiger partial charge in [0.2, 0.25) is 0 Å². The largest absolute Gasteiger partial charge is 0.386 e. The highest BCUT2D eigenvalue weighted by atomic mass is 127. The Balaban J connectivity index is 0.00000364. The molecule has 0 aliphatic carbocycles. The smallest absolute Gasteiger partial charge is 0.191 e. The molecule has 1 saturated heterocycles. The van der Waals surface area contributed by atoms with Gasteiger partial charge in [0.15, 0.2) is 5.96 Å². The molecule has 1 aromatic rings. The first-order chi connectivity index (χ1) is 12.6. The van der Waals surface area contributed by atoms with Crippen LogP contribution in [-0.4, -0.2) is 68.4 Å². The molecule has 0 radical (unpaired) electrons. The van der Waals surface area contributed by atoms with Gasteiger partial charge in [-0.15, -0.1) is 24.0 Å². The summed E-state index contributed by atoms with van der Waals surface area (Å²) in [5.41, 5.74) is 0.276. The van der Waals surface area contributed by atoms with E-state index in [0.29, 0.717) is 12.0 Å². The third-order valence-corrected chi connectivity index (χ3v) is 4.57. The summed E-state index contributed by atoms with van der Waals surface area (Å²) in [5, 5.41) is 16.8. The van der Waals surface area contributed by atoms with E-state index in [2.05, 4.69) is 20.5 Å². The molecule has 1 aliphatic heterocycles. The van der Waals surface area contributed by atoms with Gasteiger partial charge in [0.25, 0.3) is 0 Å². The van der Waals surface area contributed by atoms with Crippen LogP contribution in [-0.2, 0) is 4.74 Å². The van der Waals surface area contributed by atoms with Gasteiger partial charge in [-0.1, -0.05) is 18.2 Å². The summed E-state index contributed by atoms with van der Waals surface area (Å²) in [7, 11) is 1.73. The van der Waals surface area contributed by atoms with Crippen LogP contribution >= 0.6 is 24.0 Å². The van der Waals surface area contributed by atoms with Crippen molar-refractivity contribution < 1.29 is 14.2 Å². The van der Waals surface area contributed by atoms with E-state index in [-0.39, 0.29) is 36.1 Å². The summed E-state index contributed by atoms with van der Waals surface area (Å²) in [5.74, 6) is 0.259. The van der Waals surface area contributed by atoms with E-state index in [9.17, 15) is 9.50 Å². The van der Waals surface area contributed by atoms with Crippen LogP contribution in [0, 0.1) is 5.82 Å². The second-order valence-electron chi connectivity index (χ2n) is 6.51. The van der Waals surface area contributed by atoms with Gasteiger partial charge >= 0.3 is 0 Å². The van der Waals surface area contributed by atoms with E-state index in [1.807, 2.05) is 6.92 Å². The molecule has 27 heavy (non-hydrogen) atoms. The number of aliphatic imine (C=N–C) groups is 1. The molecule has 1 atom stereocenters. The van der Waals surface area contributed by atoms with Crippen LogP contribution in [0.1, 0.15) is 31.4 Å². The fourth-order valence-electron chi connectivity index (χ4n) is 3.06. The summed E-state index contributed by atoms with van der Waals surface area (Å²) < 4.78 is 18.9. The fourth-order valence-corrected chi connectivity index (χ4v) is 3.06. The van der Waals surface area contributed by atoms with Crippen LogP contribution < -0.4 is 10.6 Å². The lowest BCUT2D eigenvalue weighted by molar-refractivity contribution is 0.128. The van der Waals surface area contributed by atoms with Gasteiger partial charge in [-0.2, -0.15) is 0 Å². The van der Waals surface area contributed by atoms with Gasteiger partial charge in [-0.05, 0) is 25.8 Å². The summed E-state index contributed by atoms with van der Waals surface area (Å²) in [6.07, 6.45) is 1.11. The quantitative estimate of drug-likeness (QED) is 0.294. The zero-order valence-electron chi connectivity index (χ0n) is 16.2. The summed E-state index contributed by atoms with van der Waals surface area (Å²) >= 11 is 0. The molecule has 154 valence electrons. The first kappa shape index (κ1) is 24.1. The molecule has 0 bridgehead atoms. The van der Waals surface area contributed by atoms with E-state index >= 15 is 0 Å². The first-order valence-electron chi connectivity index (χ1n) is 9.32. The molecule has 6 nitrogen and oxygen atoms in total. The summed E-state index contributed by atoms with van der Waals surface area (Å²) in [6, 6.07) is 6.61. The van der Waals surface area contributed by atoms with Crippen LogP contribution in [0.5, 0.6) is 0 Å². The fraction of sp³-hybridized carbons (Fsp3) is 0.632. The third kappa shape index (κ3) is 8.28. The lowest BCUT2D eigenvalue weighted by atomic mass is 10.1. The van der Waals surface area contributed by atoms with Gasteiger partial charge in [0, 0.05) is 44.9 Å². The number of benzene rings is 1. The molecular formula is C19H32FIN4O2.